The molecule has 0 unspecified atom stereocenters. The molecule has 0 atom stereocenters. The van der Waals surface area contributed by atoms with Crippen LogP contribution in [0.3, 0.4) is 0 Å². The van der Waals surface area contributed by atoms with Gasteiger partial charge in [-0.2, -0.15) is 0 Å². The number of benzene rings is 2. The zero-order chi connectivity index (χ0) is 14.6. The second-order valence-electron chi connectivity index (χ2n) is 4.52. The molecule has 0 aliphatic carbocycles. The van der Waals surface area contributed by atoms with E-state index in [1.54, 1.807) is 31.2 Å². The molecule has 0 heterocycles. The molecular weight excluding hydrogens is 272 g/mol. The van der Waals surface area contributed by atoms with Gasteiger partial charge in [0, 0.05) is 17.9 Å². The number of hydrogen-bond acceptors (Lipinski definition) is 4. The van der Waals surface area contributed by atoms with Crippen molar-refractivity contribution >= 4 is 21.2 Å². The van der Waals surface area contributed by atoms with Crippen LogP contribution in [-0.4, -0.2) is 14.2 Å². The highest BCUT2D eigenvalue weighted by Crippen LogP contribution is 2.16. The first-order chi connectivity index (χ1) is 9.51. The van der Waals surface area contributed by atoms with Gasteiger partial charge in [0.15, 0.2) is 9.84 Å². The molecule has 0 aliphatic heterocycles. The van der Waals surface area contributed by atoms with Crippen LogP contribution in [0.15, 0.2) is 53.4 Å². The van der Waals surface area contributed by atoms with Crippen molar-refractivity contribution in [2.24, 2.45) is 0 Å². The first kappa shape index (κ1) is 14.4. The molecule has 2 rings (SSSR count). The summed E-state index contributed by atoms with van der Waals surface area (Å²) in [7, 11) is -3.13. The predicted octanol–water partition coefficient (Wildman–Crippen LogP) is 2.67. The van der Waals surface area contributed by atoms with Crippen molar-refractivity contribution in [3.05, 3.63) is 54.1 Å². The first-order valence-corrected chi connectivity index (χ1v) is 8.07. The minimum Gasteiger partial charge on any atom is -0.399 e. The molecule has 2 aromatic carbocycles. The van der Waals surface area contributed by atoms with Crippen molar-refractivity contribution in [1.82, 2.24) is 0 Å². The van der Waals surface area contributed by atoms with Gasteiger partial charge in [0.1, 0.15) is 0 Å². The topological polar surface area (TPSA) is 72.2 Å². The monoisotopic (exact) mass is 290 g/mol. The van der Waals surface area contributed by atoms with E-state index in [1.165, 1.54) is 0 Å². The van der Waals surface area contributed by atoms with Crippen LogP contribution < -0.4 is 11.1 Å². The fourth-order valence-electron chi connectivity index (χ4n) is 1.79. The highest BCUT2D eigenvalue weighted by molar-refractivity contribution is 7.91. The van der Waals surface area contributed by atoms with Crippen LogP contribution >= 0.6 is 0 Å². The summed E-state index contributed by atoms with van der Waals surface area (Å²) in [5.41, 5.74) is 8.37. The minimum atomic E-state index is -3.13. The van der Waals surface area contributed by atoms with E-state index >= 15 is 0 Å². The van der Waals surface area contributed by atoms with Gasteiger partial charge in [-0.1, -0.05) is 19.1 Å². The van der Waals surface area contributed by atoms with Crippen LogP contribution in [0.25, 0.3) is 0 Å². The van der Waals surface area contributed by atoms with Gasteiger partial charge in [0.05, 0.1) is 10.6 Å². The maximum absolute atomic E-state index is 11.7. The second-order valence-corrected chi connectivity index (χ2v) is 6.80. The van der Waals surface area contributed by atoms with E-state index in [0.29, 0.717) is 11.4 Å². The summed E-state index contributed by atoms with van der Waals surface area (Å²) in [6.07, 6.45) is 0. The maximum Gasteiger partial charge on any atom is 0.178 e. The van der Waals surface area contributed by atoms with Crippen LogP contribution in [0.1, 0.15) is 12.5 Å². The Labute approximate surface area is 119 Å². The largest absolute Gasteiger partial charge is 0.399 e. The highest BCUT2D eigenvalue weighted by Gasteiger charge is 2.10. The van der Waals surface area contributed by atoms with Gasteiger partial charge in [0.25, 0.3) is 0 Å². The van der Waals surface area contributed by atoms with E-state index in [4.69, 9.17) is 5.73 Å². The Morgan fingerprint density at radius 2 is 1.60 bits per heavy atom. The zero-order valence-electron chi connectivity index (χ0n) is 11.3. The third-order valence-electron chi connectivity index (χ3n) is 3.07. The maximum atomic E-state index is 11.7. The van der Waals surface area contributed by atoms with Gasteiger partial charge in [0.2, 0.25) is 0 Å². The molecule has 0 radical (unpaired) electrons. The smallest absolute Gasteiger partial charge is 0.178 e. The van der Waals surface area contributed by atoms with Gasteiger partial charge in [-0.3, -0.25) is 0 Å². The Kier molecular flexibility index (Phi) is 4.29. The summed E-state index contributed by atoms with van der Waals surface area (Å²) < 4.78 is 23.4. The number of hydrogen-bond donors (Lipinski definition) is 2. The molecule has 3 N–H and O–H groups in total. The molecule has 0 fully saturated rings. The molecule has 106 valence electrons. The summed E-state index contributed by atoms with van der Waals surface area (Å²) in [6.45, 7) is 2.31. The number of nitrogens with two attached hydrogens (primary N) is 1. The number of rotatable bonds is 5. The average Bonchev–Trinajstić information content (AvgIpc) is 2.47. The Morgan fingerprint density at radius 3 is 2.15 bits per heavy atom. The number of nitrogens with one attached hydrogen (secondary N) is 1. The zero-order valence-corrected chi connectivity index (χ0v) is 12.2. The summed E-state index contributed by atoms with van der Waals surface area (Å²) in [5.74, 6) is 0.116. The minimum absolute atomic E-state index is 0.116. The lowest BCUT2D eigenvalue weighted by Crippen LogP contribution is -2.04. The standard InChI is InChI=1S/C15H18N2O2S/c1-2-20(18,19)15-9-7-14(8-10-15)17-11-12-3-5-13(16)6-4-12/h3-10,17H,2,11,16H2,1H3. The normalized spacial score (nSPS) is 11.2. The summed E-state index contributed by atoms with van der Waals surface area (Å²) in [6, 6.07) is 14.4. The van der Waals surface area contributed by atoms with E-state index in [1.807, 2.05) is 24.3 Å². The number of sulfone groups is 1. The molecular formula is C15H18N2O2S. The second kappa shape index (κ2) is 5.96. The number of nitrogen functional groups attached to an aromatic ring is 1. The van der Waals surface area contributed by atoms with Crippen LogP contribution in [0, 0.1) is 0 Å². The van der Waals surface area contributed by atoms with Crippen molar-refractivity contribution in [3.8, 4) is 0 Å². The molecule has 4 nitrogen and oxygen atoms in total. The van der Waals surface area contributed by atoms with Crippen molar-refractivity contribution < 1.29 is 8.42 Å². The van der Waals surface area contributed by atoms with Gasteiger partial charge in [-0.25, -0.2) is 8.42 Å². The molecule has 0 saturated carbocycles. The van der Waals surface area contributed by atoms with Gasteiger partial charge in [-0.05, 0) is 42.0 Å². The lowest BCUT2D eigenvalue weighted by atomic mass is 10.2. The molecule has 0 aromatic heterocycles. The van der Waals surface area contributed by atoms with Crippen molar-refractivity contribution in [2.45, 2.75) is 18.4 Å². The fraction of sp³-hybridized carbons (Fsp3) is 0.200. The van der Waals surface area contributed by atoms with Crippen LogP contribution in [-0.2, 0) is 16.4 Å². The Morgan fingerprint density at radius 1 is 1.00 bits per heavy atom. The Balaban J connectivity index is 2.03. The van der Waals surface area contributed by atoms with Crippen LogP contribution in [0.2, 0.25) is 0 Å². The van der Waals surface area contributed by atoms with E-state index in [-0.39, 0.29) is 5.75 Å². The van der Waals surface area contributed by atoms with E-state index < -0.39 is 9.84 Å². The predicted molar refractivity (Wildman–Crippen MR) is 82.3 cm³/mol. The van der Waals surface area contributed by atoms with Crippen LogP contribution in [0.5, 0.6) is 0 Å². The van der Waals surface area contributed by atoms with Crippen molar-refractivity contribution in [1.29, 1.82) is 0 Å². The first-order valence-electron chi connectivity index (χ1n) is 6.42. The molecule has 0 spiro atoms. The van der Waals surface area contributed by atoms with E-state index in [0.717, 1.165) is 16.9 Å². The summed E-state index contributed by atoms with van der Waals surface area (Å²) in [5, 5.41) is 3.24. The highest BCUT2D eigenvalue weighted by atomic mass is 32.2. The van der Waals surface area contributed by atoms with E-state index in [2.05, 4.69) is 5.32 Å². The Bertz CT molecular complexity index is 662. The van der Waals surface area contributed by atoms with Crippen molar-refractivity contribution in [3.63, 3.8) is 0 Å². The van der Waals surface area contributed by atoms with E-state index in [9.17, 15) is 8.42 Å². The number of anilines is 2. The molecule has 0 saturated heterocycles. The average molecular weight is 290 g/mol. The van der Waals surface area contributed by atoms with Crippen LogP contribution in [0.4, 0.5) is 11.4 Å². The fourth-order valence-corrected chi connectivity index (χ4v) is 2.67. The lowest BCUT2D eigenvalue weighted by Gasteiger charge is -2.08. The molecule has 0 amide bonds. The van der Waals surface area contributed by atoms with Gasteiger partial charge < -0.3 is 11.1 Å². The van der Waals surface area contributed by atoms with Gasteiger partial charge in [-0.15, -0.1) is 0 Å². The third kappa shape index (κ3) is 3.51. The summed E-state index contributed by atoms with van der Waals surface area (Å²) in [4.78, 5) is 0.359. The van der Waals surface area contributed by atoms with Gasteiger partial charge >= 0.3 is 0 Å². The SMILES string of the molecule is CCS(=O)(=O)c1ccc(NCc2ccc(N)cc2)cc1. The molecule has 20 heavy (non-hydrogen) atoms. The third-order valence-corrected chi connectivity index (χ3v) is 4.82. The quantitative estimate of drug-likeness (QED) is 0.830. The Hall–Kier alpha value is -2.01. The summed E-state index contributed by atoms with van der Waals surface area (Å²) >= 11 is 0. The molecule has 0 aliphatic rings. The molecule has 2 aromatic rings. The lowest BCUT2D eigenvalue weighted by molar-refractivity contribution is 0.597. The van der Waals surface area contributed by atoms with Crippen molar-refractivity contribution in [2.75, 3.05) is 16.8 Å². The molecule has 5 heteroatoms. The molecule has 0 bridgehead atoms.